The highest BCUT2D eigenvalue weighted by Gasteiger charge is 2.22. The van der Waals surface area contributed by atoms with Crippen molar-refractivity contribution in [2.24, 2.45) is 0 Å². The van der Waals surface area contributed by atoms with Gasteiger partial charge in [-0.2, -0.15) is 8.42 Å². The minimum absolute atomic E-state index is 0.0808. The maximum atomic E-state index is 12.5. The van der Waals surface area contributed by atoms with Crippen molar-refractivity contribution in [3.05, 3.63) is 35.9 Å². The number of benzene rings is 1. The molecule has 6 heteroatoms. The van der Waals surface area contributed by atoms with Crippen LogP contribution in [0.3, 0.4) is 0 Å². The lowest BCUT2D eigenvalue weighted by Crippen LogP contribution is -2.08. The van der Waals surface area contributed by atoms with E-state index >= 15 is 0 Å². The third-order valence-corrected chi connectivity index (χ3v) is 6.30. The molecule has 1 aromatic rings. The Morgan fingerprint density at radius 2 is 1.45 bits per heavy atom. The van der Waals surface area contributed by atoms with Crippen LogP contribution in [0.1, 0.15) is 107 Å². The fourth-order valence-corrected chi connectivity index (χ4v) is 4.32. The van der Waals surface area contributed by atoms with Crippen molar-refractivity contribution in [2.75, 3.05) is 7.11 Å². The zero-order chi connectivity index (χ0) is 23.0. The van der Waals surface area contributed by atoms with Crippen molar-refractivity contribution >= 4 is 15.9 Å². The molecule has 0 amide bonds. The average molecular weight is 453 g/mol. The molecule has 0 heterocycles. The number of ketones is 1. The van der Waals surface area contributed by atoms with Crippen molar-refractivity contribution in [3.63, 3.8) is 0 Å². The van der Waals surface area contributed by atoms with E-state index in [2.05, 4.69) is 19.1 Å². The first kappa shape index (κ1) is 27.4. The van der Waals surface area contributed by atoms with Crippen molar-refractivity contribution in [1.82, 2.24) is 0 Å². The number of allylic oxidation sites excluding steroid dienone is 2. The van der Waals surface area contributed by atoms with E-state index < -0.39 is 10.1 Å². The number of carbonyl (C=O) groups excluding carboxylic acids is 1. The number of ether oxygens (including phenoxy) is 1. The molecule has 0 aliphatic rings. The van der Waals surface area contributed by atoms with Gasteiger partial charge in [0.2, 0.25) is 0 Å². The predicted octanol–water partition coefficient (Wildman–Crippen LogP) is 7.16. The third kappa shape index (κ3) is 11.5. The summed E-state index contributed by atoms with van der Waals surface area (Å²) < 4.78 is 37.3. The van der Waals surface area contributed by atoms with Crippen LogP contribution in [0.15, 0.2) is 35.2 Å². The van der Waals surface area contributed by atoms with Crippen LogP contribution in [0.2, 0.25) is 0 Å². The maximum Gasteiger partial charge on any atom is 0.298 e. The van der Waals surface area contributed by atoms with Crippen molar-refractivity contribution in [3.8, 4) is 5.75 Å². The van der Waals surface area contributed by atoms with E-state index in [4.69, 9.17) is 4.74 Å². The first-order chi connectivity index (χ1) is 14.9. The first-order valence-corrected chi connectivity index (χ1v) is 13.2. The number of Topliss-reactive ketones (excluding diaryl/α,β-unsaturated/α-hetero) is 1. The highest BCUT2D eigenvalue weighted by atomic mass is 32.2. The Morgan fingerprint density at radius 3 is 2.00 bits per heavy atom. The van der Waals surface area contributed by atoms with Gasteiger partial charge in [-0.3, -0.25) is 9.35 Å². The SMILES string of the molecule is CCCCCCCC/C=C\CCCCCCCC(=O)c1cccc(S(=O)(=O)O)c1OC. The van der Waals surface area contributed by atoms with Gasteiger partial charge in [0, 0.05) is 6.42 Å². The normalized spacial score (nSPS) is 11.8. The molecule has 0 saturated heterocycles. The highest BCUT2D eigenvalue weighted by Crippen LogP contribution is 2.29. The first-order valence-electron chi connectivity index (χ1n) is 11.7. The summed E-state index contributed by atoms with van der Waals surface area (Å²) in [6.45, 7) is 2.24. The molecule has 0 aliphatic carbocycles. The van der Waals surface area contributed by atoms with Crippen LogP contribution in [0.5, 0.6) is 5.75 Å². The Morgan fingerprint density at radius 1 is 0.903 bits per heavy atom. The van der Waals surface area contributed by atoms with Gasteiger partial charge in [-0.05, 0) is 44.2 Å². The van der Waals surface area contributed by atoms with E-state index in [1.54, 1.807) is 0 Å². The minimum atomic E-state index is -4.44. The predicted molar refractivity (Wildman–Crippen MR) is 127 cm³/mol. The lowest BCUT2D eigenvalue weighted by atomic mass is 10.0. The molecule has 0 saturated carbocycles. The lowest BCUT2D eigenvalue weighted by Gasteiger charge is -2.11. The number of unbranched alkanes of at least 4 members (excludes halogenated alkanes) is 11. The Hall–Kier alpha value is -1.66. The second kappa shape index (κ2) is 16.0. The molecule has 0 bridgehead atoms. The van der Waals surface area contributed by atoms with E-state index in [0.717, 1.165) is 32.1 Å². The Bertz CT molecular complexity index is 768. The number of para-hydroxylation sites is 1. The monoisotopic (exact) mass is 452 g/mol. The molecule has 5 nitrogen and oxygen atoms in total. The fourth-order valence-electron chi connectivity index (χ4n) is 3.64. The van der Waals surface area contributed by atoms with Crippen LogP contribution in [-0.2, 0) is 10.1 Å². The van der Waals surface area contributed by atoms with Crippen LogP contribution in [0.4, 0.5) is 0 Å². The Balaban J connectivity index is 2.17. The largest absolute Gasteiger partial charge is 0.495 e. The van der Waals surface area contributed by atoms with Gasteiger partial charge in [0.1, 0.15) is 4.90 Å². The number of methoxy groups -OCH3 is 1. The van der Waals surface area contributed by atoms with Gasteiger partial charge in [0.05, 0.1) is 12.7 Å². The quantitative estimate of drug-likeness (QED) is 0.111. The topological polar surface area (TPSA) is 80.7 Å². The number of carbonyl (C=O) groups is 1. The zero-order valence-corrected chi connectivity index (χ0v) is 20.1. The molecule has 1 aromatic carbocycles. The number of hydrogen-bond donors (Lipinski definition) is 1. The van der Waals surface area contributed by atoms with E-state index in [9.17, 15) is 17.8 Å². The van der Waals surface area contributed by atoms with Gasteiger partial charge < -0.3 is 4.74 Å². The molecular formula is C25H40O5S. The summed E-state index contributed by atoms with van der Waals surface area (Å²) in [6.07, 6.45) is 20.4. The molecule has 0 aliphatic heterocycles. The summed E-state index contributed by atoms with van der Waals surface area (Å²) in [6, 6.07) is 4.21. The van der Waals surface area contributed by atoms with E-state index in [-0.39, 0.29) is 22.0 Å². The number of rotatable bonds is 18. The van der Waals surface area contributed by atoms with Gasteiger partial charge in [-0.15, -0.1) is 0 Å². The van der Waals surface area contributed by atoms with Crippen LogP contribution < -0.4 is 4.74 Å². The highest BCUT2D eigenvalue weighted by molar-refractivity contribution is 7.86. The van der Waals surface area contributed by atoms with Gasteiger partial charge in [-0.1, -0.05) is 76.5 Å². The minimum Gasteiger partial charge on any atom is -0.495 e. The molecule has 31 heavy (non-hydrogen) atoms. The van der Waals surface area contributed by atoms with Crippen LogP contribution >= 0.6 is 0 Å². The molecule has 0 unspecified atom stereocenters. The standard InChI is InChI=1S/C25H40O5S/c1-3-4-5-6-7-8-9-10-11-12-13-14-15-16-17-20-23(26)22-19-18-21-24(25(22)30-2)31(27,28)29/h10-11,18-19,21H,3-9,12-17,20H2,1-2H3,(H,27,28,29)/b11-10-. The third-order valence-electron chi connectivity index (χ3n) is 5.43. The second-order valence-corrected chi connectivity index (χ2v) is 9.46. The summed E-state index contributed by atoms with van der Waals surface area (Å²) in [5, 5.41) is 0. The summed E-state index contributed by atoms with van der Waals surface area (Å²) in [4.78, 5) is 12.1. The molecular weight excluding hydrogens is 412 g/mol. The second-order valence-electron chi connectivity index (χ2n) is 8.07. The van der Waals surface area contributed by atoms with E-state index in [1.165, 1.54) is 76.7 Å². The van der Waals surface area contributed by atoms with Crippen LogP contribution in [0.25, 0.3) is 0 Å². The Kier molecular flexibility index (Phi) is 14.2. The molecule has 0 radical (unpaired) electrons. The molecule has 1 rings (SSSR count). The van der Waals surface area contributed by atoms with Gasteiger partial charge in [0.15, 0.2) is 11.5 Å². The van der Waals surface area contributed by atoms with E-state index in [0.29, 0.717) is 6.42 Å². The molecule has 0 fully saturated rings. The molecule has 176 valence electrons. The van der Waals surface area contributed by atoms with E-state index in [1.807, 2.05) is 0 Å². The van der Waals surface area contributed by atoms with Gasteiger partial charge in [-0.25, -0.2) is 0 Å². The lowest BCUT2D eigenvalue weighted by molar-refractivity contribution is 0.0975. The zero-order valence-electron chi connectivity index (χ0n) is 19.3. The van der Waals surface area contributed by atoms with Gasteiger partial charge in [0.25, 0.3) is 10.1 Å². The van der Waals surface area contributed by atoms with Gasteiger partial charge >= 0.3 is 0 Å². The molecule has 0 atom stereocenters. The fraction of sp³-hybridized carbons (Fsp3) is 0.640. The molecule has 1 N–H and O–H groups in total. The molecule has 0 spiro atoms. The summed E-state index contributed by atoms with van der Waals surface area (Å²) in [5.74, 6) is -0.247. The summed E-state index contributed by atoms with van der Waals surface area (Å²) >= 11 is 0. The average Bonchev–Trinajstić information content (AvgIpc) is 2.75. The Labute approximate surface area is 189 Å². The van der Waals surface area contributed by atoms with Crippen LogP contribution in [-0.4, -0.2) is 25.9 Å². The van der Waals surface area contributed by atoms with Crippen molar-refractivity contribution in [1.29, 1.82) is 0 Å². The molecule has 0 aromatic heterocycles. The smallest absolute Gasteiger partial charge is 0.298 e. The van der Waals surface area contributed by atoms with Crippen molar-refractivity contribution < 1.29 is 22.5 Å². The van der Waals surface area contributed by atoms with Crippen LogP contribution in [0, 0.1) is 0 Å². The summed E-state index contributed by atoms with van der Waals surface area (Å²) in [5.41, 5.74) is 0.202. The maximum absolute atomic E-state index is 12.5. The summed E-state index contributed by atoms with van der Waals surface area (Å²) in [7, 11) is -3.14. The number of hydrogen-bond acceptors (Lipinski definition) is 4. The van der Waals surface area contributed by atoms with Crippen molar-refractivity contribution in [2.45, 2.75) is 102 Å².